The van der Waals surface area contributed by atoms with Crippen molar-refractivity contribution < 1.29 is 23.2 Å². The van der Waals surface area contributed by atoms with Gasteiger partial charge in [-0.25, -0.2) is 4.98 Å². The van der Waals surface area contributed by atoms with E-state index < -0.39 is 24.3 Å². The van der Waals surface area contributed by atoms with E-state index in [4.69, 9.17) is 21.6 Å². The number of hydrogen-bond acceptors (Lipinski definition) is 3. The predicted octanol–water partition coefficient (Wildman–Crippen LogP) is 0.434. The third kappa shape index (κ3) is 2.37. The van der Waals surface area contributed by atoms with Gasteiger partial charge in [0.05, 0.1) is 5.56 Å². The lowest BCUT2D eigenvalue weighted by atomic mass is 9.78. The van der Waals surface area contributed by atoms with Crippen molar-refractivity contribution in [2.45, 2.75) is 6.18 Å². The Morgan fingerprint density at radius 2 is 1.93 bits per heavy atom. The molecule has 1 aromatic heterocycles. The standard InChI is InChI=1S/C6H4BClF3NO2/c8-5-1-3(6(9,10)11)4(2-12-5)7(13)14/h1-2,13-14H. The van der Waals surface area contributed by atoms with E-state index in [1.54, 1.807) is 0 Å². The summed E-state index contributed by atoms with van der Waals surface area (Å²) >= 11 is 5.25. The fourth-order valence-electron chi connectivity index (χ4n) is 0.892. The van der Waals surface area contributed by atoms with E-state index in [9.17, 15) is 13.2 Å². The van der Waals surface area contributed by atoms with Gasteiger partial charge in [-0.05, 0) is 6.07 Å². The number of alkyl halides is 3. The molecule has 1 rings (SSSR count). The molecule has 3 nitrogen and oxygen atoms in total. The van der Waals surface area contributed by atoms with Crippen molar-refractivity contribution in [2.24, 2.45) is 0 Å². The van der Waals surface area contributed by atoms with Gasteiger partial charge in [-0.15, -0.1) is 0 Å². The SMILES string of the molecule is OB(O)c1cnc(Cl)cc1C(F)(F)F. The van der Waals surface area contributed by atoms with Gasteiger partial charge in [0.15, 0.2) is 0 Å². The molecule has 1 aromatic rings. The summed E-state index contributed by atoms with van der Waals surface area (Å²) in [6.45, 7) is 0. The molecule has 0 bridgehead atoms. The second-order valence-corrected chi connectivity index (χ2v) is 2.85. The zero-order chi connectivity index (χ0) is 10.9. The van der Waals surface area contributed by atoms with E-state index in [0.717, 1.165) is 0 Å². The second-order valence-electron chi connectivity index (χ2n) is 2.47. The molecule has 0 aliphatic rings. The van der Waals surface area contributed by atoms with E-state index in [1.807, 2.05) is 0 Å². The lowest BCUT2D eigenvalue weighted by Crippen LogP contribution is -2.36. The summed E-state index contributed by atoms with van der Waals surface area (Å²) in [6.07, 6.45) is -4.01. The first kappa shape index (κ1) is 11.3. The average molecular weight is 225 g/mol. The van der Waals surface area contributed by atoms with E-state index in [-0.39, 0.29) is 5.15 Å². The van der Waals surface area contributed by atoms with Gasteiger partial charge in [-0.3, -0.25) is 0 Å². The van der Waals surface area contributed by atoms with Crippen LogP contribution in [0.4, 0.5) is 13.2 Å². The molecule has 0 atom stereocenters. The fraction of sp³-hybridized carbons (Fsp3) is 0.167. The van der Waals surface area contributed by atoms with Gasteiger partial charge in [0.2, 0.25) is 0 Å². The lowest BCUT2D eigenvalue weighted by molar-refractivity contribution is -0.136. The molecule has 0 saturated heterocycles. The van der Waals surface area contributed by atoms with Crippen LogP contribution in [0.1, 0.15) is 5.56 Å². The first-order chi connectivity index (χ1) is 6.32. The quantitative estimate of drug-likeness (QED) is 0.538. The van der Waals surface area contributed by atoms with Crippen LogP contribution < -0.4 is 5.46 Å². The van der Waals surface area contributed by atoms with Gasteiger partial charge in [0, 0.05) is 11.7 Å². The van der Waals surface area contributed by atoms with Crippen molar-refractivity contribution in [1.29, 1.82) is 0 Å². The summed E-state index contributed by atoms with van der Waals surface area (Å²) in [5, 5.41) is 16.9. The summed E-state index contributed by atoms with van der Waals surface area (Å²) in [7, 11) is -2.23. The Morgan fingerprint density at radius 1 is 1.36 bits per heavy atom. The molecule has 0 amide bonds. The van der Waals surface area contributed by atoms with Crippen LogP contribution in [-0.2, 0) is 6.18 Å². The van der Waals surface area contributed by atoms with Crippen LogP contribution in [0.5, 0.6) is 0 Å². The molecule has 0 saturated carbocycles. The maximum absolute atomic E-state index is 12.3. The van der Waals surface area contributed by atoms with Crippen LogP contribution >= 0.6 is 11.6 Å². The summed E-state index contributed by atoms with van der Waals surface area (Å²) < 4.78 is 36.8. The number of pyridine rings is 1. The third-order valence-electron chi connectivity index (χ3n) is 1.48. The molecule has 14 heavy (non-hydrogen) atoms. The van der Waals surface area contributed by atoms with Gasteiger partial charge in [0.25, 0.3) is 0 Å². The topological polar surface area (TPSA) is 53.4 Å². The molecule has 0 aliphatic carbocycles. The molecule has 2 N–H and O–H groups in total. The highest BCUT2D eigenvalue weighted by Crippen LogP contribution is 2.28. The average Bonchev–Trinajstić information content (AvgIpc) is 2.01. The van der Waals surface area contributed by atoms with E-state index in [1.165, 1.54) is 0 Å². The molecule has 0 aliphatic heterocycles. The maximum atomic E-state index is 12.3. The zero-order valence-corrected chi connectivity index (χ0v) is 7.34. The van der Waals surface area contributed by atoms with Crippen molar-refractivity contribution in [1.82, 2.24) is 4.98 Å². The molecule has 0 fully saturated rings. The monoisotopic (exact) mass is 225 g/mol. The van der Waals surface area contributed by atoms with Gasteiger partial charge in [-0.2, -0.15) is 13.2 Å². The minimum atomic E-state index is -4.69. The number of nitrogens with zero attached hydrogens (tertiary/aromatic N) is 1. The zero-order valence-electron chi connectivity index (χ0n) is 6.59. The van der Waals surface area contributed by atoms with E-state index in [2.05, 4.69) is 4.98 Å². The molecule has 0 aromatic carbocycles. The first-order valence-corrected chi connectivity index (χ1v) is 3.79. The molecule has 0 spiro atoms. The van der Waals surface area contributed by atoms with Crippen molar-refractivity contribution >= 4 is 24.2 Å². The number of halogens is 4. The van der Waals surface area contributed by atoms with Gasteiger partial charge in [-0.1, -0.05) is 11.6 Å². The Balaban J connectivity index is 3.30. The van der Waals surface area contributed by atoms with Crippen LogP contribution in [0, 0.1) is 0 Å². The van der Waals surface area contributed by atoms with E-state index in [0.29, 0.717) is 12.3 Å². The Kier molecular flexibility index (Phi) is 3.03. The molecular formula is C6H4BClF3NO2. The van der Waals surface area contributed by atoms with Crippen LogP contribution in [0.25, 0.3) is 0 Å². The van der Waals surface area contributed by atoms with Crippen molar-refractivity contribution in [3.05, 3.63) is 23.0 Å². The molecule has 76 valence electrons. The Labute approximate surface area is 82.3 Å². The summed E-state index contributed by atoms with van der Waals surface area (Å²) in [5.41, 5.74) is -1.92. The maximum Gasteiger partial charge on any atom is 0.490 e. The van der Waals surface area contributed by atoms with Crippen LogP contribution in [-0.4, -0.2) is 22.2 Å². The minimum absolute atomic E-state index is 0.360. The van der Waals surface area contributed by atoms with Crippen LogP contribution in [0.15, 0.2) is 12.3 Å². The number of rotatable bonds is 1. The molecular weight excluding hydrogens is 221 g/mol. The Hall–Kier alpha value is -0.785. The molecule has 0 radical (unpaired) electrons. The summed E-state index contributed by atoms with van der Waals surface area (Å²) in [4.78, 5) is 3.32. The molecule has 1 heterocycles. The molecule has 0 unspecified atom stereocenters. The summed E-state index contributed by atoms with van der Waals surface area (Å²) in [5.74, 6) is 0. The van der Waals surface area contributed by atoms with Crippen molar-refractivity contribution in [3.8, 4) is 0 Å². The largest absolute Gasteiger partial charge is 0.490 e. The van der Waals surface area contributed by atoms with Crippen LogP contribution in [0.3, 0.4) is 0 Å². The first-order valence-electron chi connectivity index (χ1n) is 3.41. The fourth-order valence-corrected chi connectivity index (χ4v) is 1.05. The minimum Gasteiger partial charge on any atom is -0.423 e. The lowest BCUT2D eigenvalue weighted by Gasteiger charge is -2.11. The van der Waals surface area contributed by atoms with Gasteiger partial charge < -0.3 is 10.0 Å². The highest BCUT2D eigenvalue weighted by molar-refractivity contribution is 6.59. The van der Waals surface area contributed by atoms with Crippen molar-refractivity contribution in [3.63, 3.8) is 0 Å². The second kappa shape index (κ2) is 3.76. The smallest absolute Gasteiger partial charge is 0.423 e. The van der Waals surface area contributed by atoms with Gasteiger partial charge in [0.1, 0.15) is 5.15 Å². The van der Waals surface area contributed by atoms with Gasteiger partial charge >= 0.3 is 13.3 Å². The normalized spacial score (nSPS) is 11.6. The predicted molar refractivity (Wildman–Crippen MR) is 44.1 cm³/mol. The Morgan fingerprint density at radius 3 is 2.36 bits per heavy atom. The Bertz CT molecular complexity index is 344. The van der Waals surface area contributed by atoms with Crippen molar-refractivity contribution in [2.75, 3.05) is 0 Å². The highest BCUT2D eigenvalue weighted by atomic mass is 35.5. The number of aromatic nitrogens is 1. The highest BCUT2D eigenvalue weighted by Gasteiger charge is 2.36. The van der Waals surface area contributed by atoms with Crippen LogP contribution in [0.2, 0.25) is 5.15 Å². The van der Waals surface area contributed by atoms with E-state index >= 15 is 0 Å². The molecule has 8 heteroatoms. The third-order valence-corrected chi connectivity index (χ3v) is 1.69. The number of hydrogen-bond donors (Lipinski definition) is 2. The summed E-state index contributed by atoms with van der Waals surface area (Å²) in [6, 6.07) is 0.538.